The summed E-state index contributed by atoms with van der Waals surface area (Å²) in [6, 6.07) is 9.52. The largest absolute Gasteiger partial charge is 0.480 e. The number of carbonyl (C=O) groups excluding carboxylic acids is 1. The quantitative estimate of drug-likeness (QED) is 0.573. The number of hydrogen-bond donors (Lipinski definition) is 1. The van der Waals surface area contributed by atoms with Crippen molar-refractivity contribution in [3.05, 3.63) is 70.4 Å². The number of aromatic nitrogens is 1. The van der Waals surface area contributed by atoms with E-state index in [2.05, 4.69) is 0 Å². The molecule has 5 nitrogen and oxygen atoms in total. The number of nitrogens with zero attached hydrogens (tertiary/aromatic N) is 2. The Morgan fingerprint density at radius 2 is 1.79 bits per heavy atom. The highest BCUT2D eigenvalue weighted by atomic mass is 19.1. The molecule has 1 aromatic heterocycles. The minimum atomic E-state index is -0.948. The summed E-state index contributed by atoms with van der Waals surface area (Å²) in [5.74, 6) is -1.46. The molecular weight excluding hydrogens is 426 g/mol. The van der Waals surface area contributed by atoms with Crippen molar-refractivity contribution in [3.8, 4) is 0 Å². The summed E-state index contributed by atoms with van der Waals surface area (Å²) in [5.41, 5.74) is 3.92. The molecule has 33 heavy (non-hydrogen) atoms. The summed E-state index contributed by atoms with van der Waals surface area (Å²) in [7, 11) is 0. The van der Waals surface area contributed by atoms with Crippen molar-refractivity contribution >= 4 is 22.8 Å². The Morgan fingerprint density at radius 1 is 1.06 bits per heavy atom. The van der Waals surface area contributed by atoms with Crippen LogP contribution in [0.5, 0.6) is 0 Å². The van der Waals surface area contributed by atoms with Crippen LogP contribution in [-0.4, -0.2) is 39.5 Å². The van der Waals surface area contributed by atoms with Crippen molar-refractivity contribution in [1.82, 2.24) is 9.47 Å². The Labute approximate surface area is 191 Å². The number of piperidine rings is 1. The van der Waals surface area contributed by atoms with Gasteiger partial charge in [-0.15, -0.1) is 0 Å². The van der Waals surface area contributed by atoms with Crippen molar-refractivity contribution in [2.45, 2.75) is 52.0 Å². The fourth-order valence-corrected chi connectivity index (χ4v) is 5.01. The first kappa shape index (κ1) is 23.0. The number of rotatable bonds is 6. The first-order valence-corrected chi connectivity index (χ1v) is 11.3. The highest BCUT2D eigenvalue weighted by Crippen LogP contribution is 2.38. The molecule has 4 rings (SSSR count). The molecule has 0 saturated carbocycles. The van der Waals surface area contributed by atoms with Crippen LogP contribution in [0.15, 0.2) is 36.4 Å². The molecule has 0 atom stereocenters. The van der Waals surface area contributed by atoms with Crippen LogP contribution in [0.3, 0.4) is 0 Å². The first-order valence-electron chi connectivity index (χ1n) is 11.3. The minimum Gasteiger partial charge on any atom is -0.480 e. The molecule has 1 saturated heterocycles. The average Bonchev–Trinajstić information content (AvgIpc) is 3.03. The van der Waals surface area contributed by atoms with Gasteiger partial charge in [0.1, 0.15) is 18.2 Å². The summed E-state index contributed by atoms with van der Waals surface area (Å²) in [6.45, 7) is 4.67. The molecule has 0 spiro atoms. The fraction of sp³-hybridized carbons (Fsp3) is 0.385. The fourth-order valence-electron chi connectivity index (χ4n) is 5.01. The van der Waals surface area contributed by atoms with Crippen LogP contribution in [0.25, 0.3) is 10.9 Å². The van der Waals surface area contributed by atoms with E-state index >= 15 is 0 Å². The van der Waals surface area contributed by atoms with E-state index in [1.165, 1.54) is 18.2 Å². The summed E-state index contributed by atoms with van der Waals surface area (Å²) in [6.07, 6.45) is 2.06. The Kier molecular flexibility index (Phi) is 6.49. The van der Waals surface area contributed by atoms with Crippen molar-refractivity contribution in [2.75, 3.05) is 13.1 Å². The number of amides is 1. The van der Waals surface area contributed by atoms with Gasteiger partial charge in [-0.3, -0.25) is 9.59 Å². The molecule has 7 heteroatoms. The Hall–Kier alpha value is -3.22. The molecule has 1 N–H and O–H groups in total. The van der Waals surface area contributed by atoms with Crippen molar-refractivity contribution in [3.63, 3.8) is 0 Å². The third-order valence-electron chi connectivity index (χ3n) is 6.70. The number of carboxylic acids is 1. The van der Waals surface area contributed by atoms with Gasteiger partial charge in [0, 0.05) is 36.1 Å². The minimum absolute atomic E-state index is 0.00416. The highest BCUT2D eigenvalue weighted by Gasteiger charge is 2.28. The van der Waals surface area contributed by atoms with Crippen LogP contribution in [0.2, 0.25) is 0 Å². The van der Waals surface area contributed by atoms with Gasteiger partial charge in [-0.1, -0.05) is 12.1 Å². The van der Waals surface area contributed by atoms with Gasteiger partial charge in [0.25, 0.3) is 0 Å². The zero-order valence-electron chi connectivity index (χ0n) is 18.9. The smallest absolute Gasteiger partial charge is 0.323 e. The highest BCUT2D eigenvalue weighted by molar-refractivity contribution is 5.87. The van der Waals surface area contributed by atoms with Crippen molar-refractivity contribution < 1.29 is 23.5 Å². The Morgan fingerprint density at radius 3 is 2.45 bits per heavy atom. The van der Waals surface area contributed by atoms with Gasteiger partial charge >= 0.3 is 5.97 Å². The van der Waals surface area contributed by atoms with Crippen LogP contribution in [0.4, 0.5) is 8.78 Å². The van der Waals surface area contributed by atoms with E-state index in [1.54, 1.807) is 16.7 Å². The lowest BCUT2D eigenvalue weighted by molar-refractivity contribution is -0.137. The molecular formula is C26H28F2N2O3. The molecule has 174 valence electrons. The second kappa shape index (κ2) is 9.33. The molecule has 1 aliphatic rings. The maximum atomic E-state index is 14.1. The summed E-state index contributed by atoms with van der Waals surface area (Å²) in [5, 5.41) is 10.1. The lowest BCUT2D eigenvalue weighted by Crippen LogP contribution is -2.38. The normalized spacial score (nSPS) is 14.7. The molecule has 1 aliphatic heterocycles. The van der Waals surface area contributed by atoms with Crippen LogP contribution in [-0.2, 0) is 22.6 Å². The molecule has 0 radical (unpaired) electrons. The van der Waals surface area contributed by atoms with Crippen LogP contribution in [0.1, 0.15) is 47.6 Å². The molecule has 0 unspecified atom stereocenters. The predicted molar refractivity (Wildman–Crippen MR) is 122 cm³/mol. The number of aliphatic carboxylic acids is 1. The number of carbonyl (C=O) groups is 2. The molecule has 1 fully saturated rings. The predicted octanol–water partition coefficient (Wildman–Crippen LogP) is 4.96. The van der Waals surface area contributed by atoms with Gasteiger partial charge in [0.05, 0.1) is 0 Å². The van der Waals surface area contributed by atoms with Gasteiger partial charge in [0.15, 0.2) is 0 Å². The van der Waals surface area contributed by atoms with Gasteiger partial charge in [-0.2, -0.15) is 0 Å². The monoisotopic (exact) mass is 454 g/mol. The van der Waals surface area contributed by atoms with Crippen molar-refractivity contribution in [1.29, 1.82) is 0 Å². The maximum absolute atomic E-state index is 14.1. The molecule has 0 bridgehead atoms. The number of benzene rings is 2. The number of fused-ring (bicyclic) bond motifs is 1. The summed E-state index contributed by atoms with van der Waals surface area (Å²) in [4.78, 5) is 25.9. The van der Waals surface area contributed by atoms with Crippen LogP contribution < -0.4 is 0 Å². The van der Waals surface area contributed by atoms with Crippen molar-refractivity contribution in [2.24, 2.45) is 0 Å². The van der Waals surface area contributed by atoms with E-state index in [1.807, 2.05) is 24.8 Å². The van der Waals surface area contributed by atoms with Gasteiger partial charge in [-0.05, 0) is 80.0 Å². The SMILES string of the molecule is Cc1ccc(CCC(=O)N2CCC(c3c(C)n(CC(=O)O)c4ccc(F)cc34)CC2)c(F)c1. The number of halogens is 2. The second-order valence-corrected chi connectivity index (χ2v) is 8.89. The summed E-state index contributed by atoms with van der Waals surface area (Å²) >= 11 is 0. The number of carboxylic acid groups (broad SMARTS) is 1. The second-order valence-electron chi connectivity index (χ2n) is 8.89. The summed E-state index contributed by atoms with van der Waals surface area (Å²) < 4.78 is 29.8. The molecule has 2 heterocycles. The van der Waals surface area contributed by atoms with E-state index < -0.39 is 5.97 Å². The lowest BCUT2D eigenvalue weighted by atomic mass is 9.87. The molecule has 3 aromatic rings. The third kappa shape index (κ3) is 4.77. The molecule has 1 amide bonds. The zero-order valence-corrected chi connectivity index (χ0v) is 18.9. The number of aryl methyl sites for hydroxylation is 2. The van der Waals surface area contributed by atoms with E-state index in [4.69, 9.17) is 0 Å². The van der Waals surface area contributed by atoms with Crippen LogP contribution >= 0.6 is 0 Å². The Balaban J connectivity index is 1.46. The maximum Gasteiger partial charge on any atom is 0.323 e. The van der Waals surface area contributed by atoms with E-state index in [0.29, 0.717) is 43.4 Å². The standard InChI is InChI=1S/C26H28F2N2O3/c1-16-3-4-18(22(28)13-16)5-8-24(31)29-11-9-19(10-12-29)26-17(2)30(15-25(32)33)23-7-6-20(27)14-21(23)26/h3-4,6-7,13-14,19H,5,8-12,15H2,1-2H3,(H,32,33). The Bertz CT molecular complexity index is 1210. The zero-order chi connectivity index (χ0) is 23.7. The topological polar surface area (TPSA) is 62.5 Å². The number of hydrogen-bond acceptors (Lipinski definition) is 2. The van der Waals surface area contributed by atoms with Gasteiger partial charge < -0.3 is 14.6 Å². The van der Waals surface area contributed by atoms with E-state index in [-0.39, 0.29) is 36.4 Å². The lowest BCUT2D eigenvalue weighted by Gasteiger charge is -2.32. The van der Waals surface area contributed by atoms with E-state index in [0.717, 1.165) is 22.2 Å². The van der Waals surface area contributed by atoms with E-state index in [9.17, 15) is 23.5 Å². The number of likely N-dealkylation sites (tertiary alicyclic amines) is 1. The van der Waals surface area contributed by atoms with Gasteiger partial charge in [-0.25, -0.2) is 8.78 Å². The van der Waals surface area contributed by atoms with Crippen LogP contribution in [0, 0.1) is 25.5 Å². The average molecular weight is 455 g/mol. The van der Waals surface area contributed by atoms with Gasteiger partial charge in [0.2, 0.25) is 5.91 Å². The molecule has 0 aliphatic carbocycles. The first-order chi connectivity index (χ1) is 15.7. The third-order valence-corrected chi connectivity index (χ3v) is 6.70. The molecule has 2 aromatic carbocycles.